The Balaban J connectivity index is 1.65. The van der Waals surface area contributed by atoms with E-state index >= 15 is 0 Å². The van der Waals surface area contributed by atoms with Gasteiger partial charge in [0.15, 0.2) is 0 Å². The van der Waals surface area contributed by atoms with Crippen LogP contribution in [0.15, 0.2) is 72.0 Å². The smallest absolute Gasteiger partial charge is 0.244 e. The molecule has 1 aromatic heterocycles. The predicted molar refractivity (Wildman–Crippen MR) is 91.6 cm³/mol. The number of halogens is 2. The third-order valence-corrected chi connectivity index (χ3v) is 3.56. The Morgan fingerprint density at radius 3 is 2.56 bits per heavy atom. The Kier molecular flexibility index (Phi) is 4.99. The number of hydrogen-bond donors (Lipinski definition) is 1. The van der Waals surface area contributed by atoms with Gasteiger partial charge >= 0.3 is 0 Å². The molecule has 0 aliphatic heterocycles. The molecule has 0 bridgehead atoms. The lowest BCUT2D eigenvalue weighted by Gasteiger charge is -2.07. The first kappa shape index (κ1) is 16.6. The molecule has 25 heavy (non-hydrogen) atoms. The number of hydrazone groups is 1. The van der Waals surface area contributed by atoms with Crippen LogP contribution < -0.4 is 5.43 Å². The molecule has 6 heteroatoms. The zero-order valence-electron chi connectivity index (χ0n) is 13.2. The van der Waals surface area contributed by atoms with E-state index in [1.807, 2.05) is 0 Å². The summed E-state index contributed by atoms with van der Waals surface area (Å²) in [6, 6.07) is 15.6. The van der Waals surface area contributed by atoms with Crippen LogP contribution in [-0.4, -0.2) is 16.7 Å². The van der Waals surface area contributed by atoms with E-state index in [9.17, 15) is 13.6 Å². The number of carbonyl (C=O) groups is 1. The number of para-hydroxylation sites is 1. The fourth-order valence-corrected chi connectivity index (χ4v) is 2.36. The van der Waals surface area contributed by atoms with Crippen molar-refractivity contribution in [1.82, 2.24) is 9.99 Å². The van der Waals surface area contributed by atoms with Crippen molar-refractivity contribution in [3.8, 4) is 5.69 Å². The van der Waals surface area contributed by atoms with E-state index in [4.69, 9.17) is 0 Å². The predicted octanol–water partition coefficient (Wildman–Crippen LogP) is 3.45. The minimum Gasteiger partial charge on any atom is -0.313 e. The van der Waals surface area contributed by atoms with Crippen LogP contribution in [0.5, 0.6) is 0 Å². The second-order valence-electron chi connectivity index (χ2n) is 5.35. The minimum absolute atomic E-state index is 0.0892. The number of benzene rings is 2. The van der Waals surface area contributed by atoms with Crippen molar-refractivity contribution in [3.63, 3.8) is 0 Å². The van der Waals surface area contributed by atoms with Gasteiger partial charge in [-0.2, -0.15) is 5.10 Å². The van der Waals surface area contributed by atoms with E-state index in [2.05, 4.69) is 10.5 Å². The standard InChI is InChI=1S/C19H15F2N3O/c20-15-9-7-14(8-10-15)12-19(25)23-22-13-16-4-3-11-24(16)18-6-2-1-5-17(18)21/h1-11,13H,12H2,(H,23,25)/b22-13+. The number of nitrogens with zero attached hydrogens (tertiary/aromatic N) is 2. The number of rotatable bonds is 5. The normalized spacial score (nSPS) is 11.0. The van der Waals surface area contributed by atoms with Crippen LogP contribution in [0.1, 0.15) is 11.3 Å². The molecule has 0 atom stereocenters. The average Bonchev–Trinajstić information content (AvgIpc) is 3.06. The molecule has 126 valence electrons. The summed E-state index contributed by atoms with van der Waals surface area (Å²) in [6.07, 6.45) is 3.24. The molecule has 2 aromatic carbocycles. The first-order valence-corrected chi connectivity index (χ1v) is 7.62. The molecular formula is C19H15F2N3O. The lowest BCUT2D eigenvalue weighted by Crippen LogP contribution is -2.20. The monoisotopic (exact) mass is 339 g/mol. The van der Waals surface area contributed by atoms with Crippen molar-refractivity contribution in [2.45, 2.75) is 6.42 Å². The number of aromatic nitrogens is 1. The van der Waals surface area contributed by atoms with Gasteiger partial charge in [0.25, 0.3) is 0 Å². The summed E-state index contributed by atoms with van der Waals surface area (Å²) in [5, 5.41) is 3.90. The Labute approximate surface area is 143 Å². The molecule has 0 unspecified atom stereocenters. The maximum absolute atomic E-state index is 13.9. The van der Waals surface area contributed by atoms with Crippen molar-refractivity contribution < 1.29 is 13.6 Å². The Bertz CT molecular complexity index is 901. The van der Waals surface area contributed by atoms with Crippen molar-refractivity contribution >= 4 is 12.1 Å². The van der Waals surface area contributed by atoms with E-state index in [-0.39, 0.29) is 24.0 Å². The average molecular weight is 339 g/mol. The van der Waals surface area contributed by atoms with Gasteiger partial charge in [-0.15, -0.1) is 0 Å². The second-order valence-corrected chi connectivity index (χ2v) is 5.35. The van der Waals surface area contributed by atoms with Gasteiger partial charge in [0.1, 0.15) is 11.6 Å². The molecule has 0 saturated heterocycles. The highest BCUT2D eigenvalue weighted by molar-refractivity contribution is 5.82. The highest BCUT2D eigenvalue weighted by Crippen LogP contribution is 2.15. The van der Waals surface area contributed by atoms with Crippen molar-refractivity contribution in [2.75, 3.05) is 0 Å². The summed E-state index contributed by atoms with van der Waals surface area (Å²) < 4.78 is 28.4. The molecule has 0 spiro atoms. The van der Waals surface area contributed by atoms with Gasteiger partial charge in [-0.25, -0.2) is 14.2 Å². The van der Waals surface area contributed by atoms with Crippen LogP contribution in [0, 0.1) is 11.6 Å². The fourth-order valence-electron chi connectivity index (χ4n) is 2.36. The Hall–Kier alpha value is -3.28. The fraction of sp³-hybridized carbons (Fsp3) is 0.0526. The highest BCUT2D eigenvalue weighted by Gasteiger charge is 2.06. The SMILES string of the molecule is O=C(Cc1ccc(F)cc1)N/N=C/c1cccn1-c1ccccc1F. The topological polar surface area (TPSA) is 46.4 Å². The molecule has 0 radical (unpaired) electrons. The summed E-state index contributed by atoms with van der Waals surface area (Å²) in [6.45, 7) is 0. The summed E-state index contributed by atoms with van der Waals surface area (Å²) in [5.74, 6) is -1.03. The van der Waals surface area contributed by atoms with Crippen molar-refractivity contribution in [1.29, 1.82) is 0 Å². The van der Waals surface area contributed by atoms with Gasteiger partial charge in [-0.1, -0.05) is 24.3 Å². The molecule has 0 aliphatic carbocycles. The summed E-state index contributed by atoms with van der Waals surface area (Å²) in [5.41, 5.74) is 4.10. The molecule has 4 nitrogen and oxygen atoms in total. The number of hydrogen-bond acceptors (Lipinski definition) is 2. The van der Waals surface area contributed by atoms with E-state index in [0.29, 0.717) is 16.9 Å². The summed E-state index contributed by atoms with van der Waals surface area (Å²) >= 11 is 0. The van der Waals surface area contributed by atoms with Gasteiger partial charge in [-0.3, -0.25) is 4.79 Å². The maximum atomic E-state index is 13.9. The third kappa shape index (κ3) is 4.17. The van der Waals surface area contributed by atoms with Crippen LogP contribution >= 0.6 is 0 Å². The van der Waals surface area contributed by atoms with Crippen molar-refractivity contribution in [2.24, 2.45) is 5.10 Å². The van der Waals surface area contributed by atoms with E-state index in [0.717, 1.165) is 0 Å². The molecule has 0 saturated carbocycles. The number of carbonyl (C=O) groups excluding carboxylic acids is 1. The molecule has 1 amide bonds. The first-order chi connectivity index (χ1) is 12.1. The largest absolute Gasteiger partial charge is 0.313 e. The molecule has 1 heterocycles. The maximum Gasteiger partial charge on any atom is 0.244 e. The quantitative estimate of drug-likeness (QED) is 0.562. The molecule has 0 aliphatic rings. The molecule has 3 aromatic rings. The van der Waals surface area contributed by atoms with Crippen LogP contribution in [0.3, 0.4) is 0 Å². The van der Waals surface area contributed by atoms with E-state index in [1.54, 1.807) is 53.2 Å². The van der Waals surface area contributed by atoms with Crippen LogP contribution in [0.4, 0.5) is 8.78 Å². The lowest BCUT2D eigenvalue weighted by atomic mass is 10.1. The molecule has 0 fully saturated rings. The van der Waals surface area contributed by atoms with Gasteiger partial charge in [0.2, 0.25) is 5.91 Å². The van der Waals surface area contributed by atoms with Crippen LogP contribution in [0.2, 0.25) is 0 Å². The Morgan fingerprint density at radius 1 is 1.04 bits per heavy atom. The zero-order valence-corrected chi connectivity index (χ0v) is 13.2. The van der Waals surface area contributed by atoms with E-state index in [1.165, 1.54) is 24.4 Å². The summed E-state index contributed by atoms with van der Waals surface area (Å²) in [4.78, 5) is 11.8. The molecule has 3 rings (SSSR count). The minimum atomic E-state index is -0.353. The second kappa shape index (κ2) is 7.53. The van der Waals surface area contributed by atoms with E-state index < -0.39 is 0 Å². The lowest BCUT2D eigenvalue weighted by molar-refractivity contribution is -0.120. The number of amides is 1. The van der Waals surface area contributed by atoms with Crippen LogP contribution in [0.25, 0.3) is 5.69 Å². The Morgan fingerprint density at radius 2 is 1.80 bits per heavy atom. The van der Waals surface area contributed by atoms with Gasteiger partial charge in [-0.05, 0) is 42.0 Å². The van der Waals surface area contributed by atoms with Crippen LogP contribution in [-0.2, 0) is 11.2 Å². The zero-order chi connectivity index (χ0) is 17.6. The van der Waals surface area contributed by atoms with Crippen molar-refractivity contribution in [3.05, 3.63) is 89.8 Å². The highest BCUT2D eigenvalue weighted by atomic mass is 19.1. The summed E-state index contributed by atoms with van der Waals surface area (Å²) in [7, 11) is 0. The molecule has 1 N–H and O–H groups in total. The van der Waals surface area contributed by atoms with Gasteiger partial charge in [0.05, 0.1) is 24.0 Å². The first-order valence-electron chi connectivity index (χ1n) is 7.62. The number of nitrogens with one attached hydrogen (secondary N) is 1. The molecular weight excluding hydrogens is 324 g/mol. The van der Waals surface area contributed by atoms with Gasteiger partial charge in [0, 0.05) is 6.20 Å². The van der Waals surface area contributed by atoms with Gasteiger partial charge < -0.3 is 4.57 Å². The third-order valence-electron chi connectivity index (χ3n) is 3.56.